The first-order chi connectivity index (χ1) is 14.3. The van der Waals surface area contributed by atoms with Gasteiger partial charge in [-0.3, -0.25) is 4.79 Å². The van der Waals surface area contributed by atoms with E-state index in [0.29, 0.717) is 37.4 Å². The smallest absolute Gasteiger partial charge is 0.416 e. The number of likely N-dealkylation sites (tertiary alicyclic amines) is 1. The van der Waals surface area contributed by atoms with Crippen LogP contribution in [-0.2, 0) is 17.4 Å². The van der Waals surface area contributed by atoms with Crippen molar-refractivity contribution in [2.45, 2.75) is 31.5 Å². The molecule has 30 heavy (non-hydrogen) atoms. The van der Waals surface area contributed by atoms with Gasteiger partial charge in [-0.05, 0) is 37.1 Å². The second kappa shape index (κ2) is 9.08. The van der Waals surface area contributed by atoms with Gasteiger partial charge in [0.2, 0.25) is 5.91 Å². The monoisotopic (exact) mass is 417 g/mol. The van der Waals surface area contributed by atoms with E-state index >= 15 is 0 Å². The highest BCUT2D eigenvalue weighted by atomic mass is 19.4. The molecule has 1 aliphatic rings. The molecule has 0 atom stereocenters. The zero-order valence-corrected chi connectivity index (χ0v) is 16.5. The molecule has 0 saturated carbocycles. The van der Waals surface area contributed by atoms with Gasteiger partial charge in [0, 0.05) is 24.7 Å². The maximum absolute atomic E-state index is 12.8. The molecule has 0 unspecified atom stereocenters. The van der Waals surface area contributed by atoms with Crippen LogP contribution >= 0.6 is 0 Å². The van der Waals surface area contributed by atoms with Crippen LogP contribution in [0.15, 0.2) is 42.5 Å². The number of methoxy groups -OCH3 is 1. The van der Waals surface area contributed by atoms with Gasteiger partial charge in [0.05, 0.1) is 30.3 Å². The van der Waals surface area contributed by atoms with E-state index in [9.17, 15) is 23.2 Å². The number of amides is 1. The van der Waals surface area contributed by atoms with Crippen LogP contribution in [0.4, 0.5) is 18.9 Å². The minimum Gasteiger partial charge on any atom is -0.496 e. The number of para-hydroxylation sites is 1. The molecule has 1 aliphatic heterocycles. The van der Waals surface area contributed by atoms with Crippen molar-refractivity contribution in [3.63, 3.8) is 0 Å². The number of hydrogen-bond acceptors (Lipinski definition) is 4. The minimum absolute atomic E-state index is 0.00481. The number of alkyl halides is 3. The van der Waals surface area contributed by atoms with E-state index in [2.05, 4.69) is 5.32 Å². The first-order valence-electron chi connectivity index (χ1n) is 9.59. The molecule has 1 fully saturated rings. The Morgan fingerprint density at radius 3 is 2.57 bits per heavy atom. The molecular formula is C22H22F3N3O2. The molecule has 0 radical (unpaired) electrons. The zero-order valence-electron chi connectivity index (χ0n) is 16.5. The molecule has 0 spiro atoms. The topological polar surface area (TPSA) is 65.4 Å². The average molecular weight is 417 g/mol. The van der Waals surface area contributed by atoms with E-state index < -0.39 is 11.7 Å². The fraction of sp³-hybridized carbons (Fsp3) is 0.364. The van der Waals surface area contributed by atoms with Gasteiger partial charge in [-0.25, -0.2) is 0 Å². The lowest BCUT2D eigenvalue weighted by atomic mass is 10.0. The maximum atomic E-state index is 12.8. The first-order valence-corrected chi connectivity index (χ1v) is 9.59. The number of anilines is 1. The van der Waals surface area contributed by atoms with Crippen molar-refractivity contribution in [1.82, 2.24) is 4.90 Å². The molecule has 2 aromatic carbocycles. The molecule has 1 heterocycles. The Kier molecular flexibility index (Phi) is 6.50. The van der Waals surface area contributed by atoms with Gasteiger partial charge in [-0.1, -0.05) is 18.2 Å². The lowest BCUT2D eigenvalue weighted by Crippen LogP contribution is -2.43. The summed E-state index contributed by atoms with van der Waals surface area (Å²) >= 11 is 0. The summed E-state index contributed by atoms with van der Waals surface area (Å²) in [5.41, 5.74) is 0.318. The maximum Gasteiger partial charge on any atom is 0.416 e. The predicted octanol–water partition coefficient (Wildman–Crippen LogP) is 4.23. The normalized spacial score (nSPS) is 14.8. The highest BCUT2D eigenvalue weighted by molar-refractivity contribution is 5.79. The van der Waals surface area contributed by atoms with Crippen LogP contribution in [0.25, 0.3) is 0 Å². The van der Waals surface area contributed by atoms with E-state index in [1.54, 1.807) is 12.0 Å². The molecular weight excluding hydrogens is 395 g/mol. The number of piperidine rings is 1. The lowest BCUT2D eigenvalue weighted by molar-refractivity contribution is -0.137. The molecule has 0 bridgehead atoms. The number of hydrogen-bond donors (Lipinski definition) is 1. The van der Waals surface area contributed by atoms with Gasteiger partial charge in [0.1, 0.15) is 11.8 Å². The van der Waals surface area contributed by atoms with E-state index in [1.807, 2.05) is 30.3 Å². The molecule has 5 nitrogen and oxygen atoms in total. The standard InChI is InChI=1S/C22H22F3N3O2/c1-30-20-5-3-2-4-15(20)13-21(29)28-10-8-18(9-11-28)27-19-7-6-17(22(23,24)25)12-16(19)14-26/h2-7,12,18,27H,8-11,13H2,1H3. The van der Waals surface area contributed by atoms with E-state index in [1.165, 1.54) is 6.07 Å². The number of carbonyl (C=O) groups excluding carboxylic acids is 1. The molecule has 3 rings (SSSR count). The van der Waals surface area contributed by atoms with Crippen molar-refractivity contribution in [2.24, 2.45) is 0 Å². The number of nitrogens with zero attached hydrogens (tertiary/aromatic N) is 2. The summed E-state index contributed by atoms with van der Waals surface area (Å²) in [6.07, 6.45) is -2.95. The second-order valence-corrected chi connectivity index (χ2v) is 7.16. The predicted molar refractivity (Wildman–Crippen MR) is 106 cm³/mol. The van der Waals surface area contributed by atoms with Gasteiger partial charge in [0.25, 0.3) is 0 Å². The Labute approximate surface area is 173 Å². The van der Waals surface area contributed by atoms with Gasteiger partial charge >= 0.3 is 6.18 Å². The third-order valence-electron chi connectivity index (χ3n) is 5.21. The van der Waals surface area contributed by atoms with Gasteiger partial charge < -0.3 is 15.0 Å². The van der Waals surface area contributed by atoms with Crippen LogP contribution in [0.1, 0.15) is 29.5 Å². The number of halogens is 3. The SMILES string of the molecule is COc1ccccc1CC(=O)N1CCC(Nc2ccc(C(F)(F)F)cc2C#N)CC1. The second-order valence-electron chi connectivity index (χ2n) is 7.16. The van der Waals surface area contributed by atoms with Gasteiger partial charge in [-0.2, -0.15) is 18.4 Å². The molecule has 1 amide bonds. The average Bonchev–Trinajstić information content (AvgIpc) is 2.74. The van der Waals surface area contributed by atoms with Gasteiger partial charge in [-0.15, -0.1) is 0 Å². The van der Waals surface area contributed by atoms with Crippen molar-refractivity contribution >= 4 is 11.6 Å². The van der Waals surface area contributed by atoms with E-state index in [0.717, 1.165) is 17.7 Å². The van der Waals surface area contributed by atoms with Crippen molar-refractivity contribution in [3.8, 4) is 11.8 Å². The molecule has 1 saturated heterocycles. The third-order valence-corrected chi connectivity index (χ3v) is 5.21. The summed E-state index contributed by atoms with van der Waals surface area (Å²) in [7, 11) is 1.57. The Bertz CT molecular complexity index is 945. The van der Waals surface area contributed by atoms with Crippen molar-refractivity contribution in [1.29, 1.82) is 5.26 Å². The number of nitrogens with one attached hydrogen (secondary N) is 1. The number of carbonyl (C=O) groups is 1. The number of benzene rings is 2. The summed E-state index contributed by atoms with van der Waals surface area (Å²) in [6, 6.07) is 12.3. The van der Waals surface area contributed by atoms with Crippen LogP contribution in [-0.4, -0.2) is 37.0 Å². The minimum atomic E-state index is -4.49. The van der Waals surface area contributed by atoms with Crippen LogP contribution in [0, 0.1) is 11.3 Å². The lowest BCUT2D eigenvalue weighted by Gasteiger charge is -2.33. The Morgan fingerprint density at radius 2 is 1.93 bits per heavy atom. The van der Waals surface area contributed by atoms with Crippen LogP contribution in [0.5, 0.6) is 5.75 Å². The Morgan fingerprint density at radius 1 is 1.23 bits per heavy atom. The van der Waals surface area contributed by atoms with Crippen LogP contribution in [0.3, 0.4) is 0 Å². The largest absolute Gasteiger partial charge is 0.496 e. The number of nitriles is 1. The van der Waals surface area contributed by atoms with Crippen molar-refractivity contribution in [2.75, 3.05) is 25.5 Å². The van der Waals surface area contributed by atoms with E-state index in [4.69, 9.17) is 4.74 Å². The molecule has 8 heteroatoms. The highest BCUT2D eigenvalue weighted by Crippen LogP contribution is 2.32. The fourth-order valence-corrected chi connectivity index (χ4v) is 3.56. The zero-order chi connectivity index (χ0) is 21.7. The first kappa shape index (κ1) is 21.5. The highest BCUT2D eigenvalue weighted by Gasteiger charge is 2.31. The Hall–Kier alpha value is -3.21. The fourth-order valence-electron chi connectivity index (χ4n) is 3.56. The molecule has 0 aliphatic carbocycles. The summed E-state index contributed by atoms with van der Waals surface area (Å²) in [6.45, 7) is 1.07. The van der Waals surface area contributed by atoms with Gasteiger partial charge in [0.15, 0.2) is 0 Å². The molecule has 158 valence electrons. The van der Waals surface area contributed by atoms with E-state index in [-0.39, 0.29) is 23.9 Å². The molecule has 1 N–H and O–H groups in total. The quantitative estimate of drug-likeness (QED) is 0.791. The Balaban J connectivity index is 1.58. The summed E-state index contributed by atoms with van der Waals surface area (Å²) in [5.74, 6) is 0.680. The molecule has 0 aromatic heterocycles. The summed E-state index contributed by atoms with van der Waals surface area (Å²) < 4.78 is 43.8. The molecule has 2 aromatic rings. The number of rotatable bonds is 5. The van der Waals surface area contributed by atoms with Crippen molar-refractivity contribution < 1.29 is 22.7 Å². The summed E-state index contributed by atoms with van der Waals surface area (Å²) in [5, 5.41) is 12.4. The third kappa shape index (κ3) is 5.03. The van der Waals surface area contributed by atoms with Crippen molar-refractivity contribution in [3.05, 3.63) is 59.2 Å². The summed E-state index contributed by atoms with van der Waals surface area (Å²) in [4.78, 5) is 14.4. The van der Waals surface area contributed by atoms with Crippen LogP contribution < -0.4 is 10.1 Å². The van der Waals surface area contributed by atoms with Crippen LogP contribution in [0.2, 0.25) is 0 Å². The number of ether oxygens (including phenoxy) is 1.